The van der Waals surface area contributed by atoms with Crippen molar-refractivity contribution in [2.75, 3.05) is 31.1 Å². The molecule has 1 aliphatic heterocycles. The van der Waals surface area contributed by atoms with Crippen LogP contribution in [0.4, 0.5) is 5.69 Å². The number of carbonyl (C=O) groups is 1. The molecule has 1 saturated heterocycles. The summed E-state index contributed by atoms with van der Waals surface area (Å²) in [5.74, 6) is 0.133. The van der Waals surface area contributed by atoms with Gasteiger partial charge in [-0.1, -0.05) is 12.1 Å². The summed E-state index contributed by atoms with van der Waals surface area (Å²) in [4.78, 5) is 17.1. The number of nitrogens with zero attached hydrogens (tertiary/aromatic N) is 2. The number of aryl methyl sites for hydroxylation is 1. The van der Waals surface area contributed by atoms with Crippen molar-refractivity contribution in [1.29, 1.82) is 0 Å². The highest BCUT2D eigenvalue weighted by atomic mass is 16.3. The fourth-order valence-corrected chi connectivity index (χ4v) is 3.90. The lowest BCUT2D eigenvalue weighted by Crippen LogP contribution is -2.52. The lowest BCUT2D eigenvalue weighted by atomic mass is 9.83. The Balaban J connectivity index is 1.59. The van der Waals surface area contributed by atoms with Crippen LogP contribution < -0.4 is 10.6 Å². The monoisotopic (exact) mass is 331 g/mol. The Hall–Kier alpha value is -1.59. The maximum Gasteiger partial charge on any atom is 0.225 e. The van der Waals surface area contributed by atoms with Crippen molar-refractivity contribution in [2.24, 2.45) is 11.7 Å². The summed E-state index contributed by atoms with van der Waals surface area (Å²) in [5.41, 5.74) is 9.75. The Morgan fingerprint density at radius 3 is 2.54 bits per heavy atom. The molecule has 132 valence electrons. The minimum Gasteiger partial charge on any atom is -0.391 e. The molecule has 2 aliphatic rings. The Morgan fingerprint density at radius 2 is 1.88 bits per heavy atom. The molecule has 5 heteroatoms. The number of aliphatic hydroxyl groups is 1. The Bertz CT molecular complexity index is 596. The van der Waals surface area contributed by atoms with Gasteiger partial charge < -0.3 is 20.6 Å². The van der Waals surface area contributed by atoms with Crippen LogP contribution in [0.25, 0.3) is 0 Å². The second-order valence-corrected chi connectivity index (χ2v) is 7.27. The highest BCUT2D eigenvalue weighted by molar-refractivity contribution is 5.79. The fourth-order valence-electron chi connectivity index (χ4n) is 3.90. The van der Waals surface area contributed by atoms with E-state index in [2.05, 4.69) is 36.9 Å². The standard InChI is InChI=1S/C19H29N3O2/c1-13-4-3-5-17(14(13)2)21-8-10-22(11-9-21)19(24)15-6-7-16(20)18(23)12-15/h3-5,15-16,18,23H,6-12,20H2,1-2H3/t15-,16+,18+/m0/s1. The molecule has 5 nitrogen and oxygen atoms in total. The minimum absolute atomic E-state index is 0.0629. The van der Waals surface area contributed by atoms with E-state index in [1.165, 1.54) is 16.8 Å². The SMILES string of the molecule is Cc1cccc(N2CCN(C(=O)[C@H]3CC[C@@H](N)[C@H](O)C3)CC2)c1C. The molecular weight excluding hydrogens is 302 g/mol. The second kappa shape index (κ2) is 7.11. The van der Waals surface area contributed by atoms with E-state index < -0.39 is 6.10 Å². The van der Waals surface area contributed by atoms with Crippen LogP contribution in [0.3, 0.4) is 0 Å². The van der Waals surface area contributed by atoms with Crippen LogP contribution in [0.5, 0.6) is 0 Å². The number of carbonyl (C=O) groups excluding carboxylic acids is 1. The summed E-state index contributed by atoms with van der Waals surface area (Å²) in [6, 6.07) is 6.23. The molecule has 0 bridgehead atoms. The zero-order chi connectivity index (χ0) is 17.3. The van der Waals surface area contributed by atoms with E-state index in [0.29, 0.717) is 6.42 Å². The molecule has 3 rings (SSSR count). The molecule has 3 N–H and O–H groups in total. The molecule has 1 aromatic carbocycles. The normalized spacial score (nSPS) is 28.1. The molecule has 1 aliphatic carbocycles. The summed E-state index contributed by atoms with van der Waals surface area (Å²) in [7, 11) is 0. The van der Waals surface area contributed by atoms with Gasteiger partial charge in [0.25, 0.3) is 0 Å². The molecule has 1 heterocycles. The van der Waals surface area contributed by atoms with Crippen LogP contribution in [0, 0.1) is 19.8 Å². The second-order valence-electron chi connectivity index (χ2n) is 7.27. The van der Waals surface area contributed by atoms with E-state index in [9.17, 15) is 9.90 Å². The van der Waals surface area contributed by atoms with Crippen molar-refractivity contribution in [1.82, 2.24) is 4.90 Å². The molecule has 1 aromatic rings. The fraction of sp³-hybridized carbons (Fsp3) is 0.632. The van der Waals surface area contributed by atoms with Gasteiger partial charge in [-0.25, -0.2) is 0 Å². The predicted octanol–water partition coefficient (Wildman–Crippen LogP) is 1.44. The summed E-state index contributed by atoms with van der Waals surface area (Å²) in [6.07, 6.45) is 1.51. The molecule has 2 fully saturated rings. The summed E-state index contributed by atoms with van der Waals surface area (Å²) < 4.78 is 0. The Kier molecular flexibility index (Phi) is 5.11. The van der Waals surface area contributed by atoms with Gasteiger partial charge in [0.05, 0.1) is 6.10 Å². The first-order chi connectivity index (χ1) is 11.5. The number of anilines is 1. The molecule has 1 amide bonds. The zero-order valence-electron chi connectivity index (χ0n) is 14.7. The van der Waals surface area contributed by atoms with E-state index in [1.807, 2.05) is 4.90 Å². The van der Waals surface area contributed by atoms with Crippen molar-refractivity contribution >= 4 is 11.6 Å². The molecular formula is C19H29N3O2. The molecule has 0 aromatic heterocycles. The Labute approximate surface area is 144 Å². The summed E-state index contributed by atoms with van der Waals surface area (Å²) in [5, 5.41) is 9.94. The molecule has 24 heavy (non-hydrogen) atoms. The van der Waals surface area contributed by atoms with Gasteiger partial charge in [-0.2, -0.15) is 0 Å². The van der Waals surface area contributed by atoms with Gasteiger partial charge >= 0.3 is 0 Å². The molecule has 0 spiro atoms. The first-order valence-corrected chi connectivity index (χ1v) is 9.01. The molecule has 0 unspecified atom stereocenters. The lowest BCUT2D eigenvalue weighted by molar-refractivity contribution is -0.138. The van der Waals surface area contributed by atoms with E-state index in [1.54, 1.807) is 0 Å². The van der Waals surface area contributed by atoms with Crippen molar-refractivity contribution in [3.05, 3.63) is 29.3 Å². The van der Waals surface area contributed by atoms with Gasteiger partial charge in [-0.05, 0) is 50.3 Å². The van der Waals surface area contributed by atoms with Crippen LogP contribution in [-0.2, 0) is 4.79 Å². The molecule has 1 saturated carbocycles. The Morgan fingerprint density at radius 1 is 1.17 bits per heavy atom. The average molecular weight is 331 g/mol. The van der Waals surface area contributed by atoms with E-state index >= 15 is 0 Å². The van der Waals surface area contributed by atoms with Gasteiger partial charge in [0.2, 0.25) is 5.91 Å². The molecule has 0 radical (unpaired) electrons. The van der Waals surface area contributed by atoms with Crippen molar-refractivity contribution in [2.45, 2.75) is 45.3 Å². The maximum absolute atomic E-state index is 12.7. The third-order valence-electron chi connectivity index (χ3n) is 5.73. The average Bonchev–Trinajstić information content (AvgIpc) is 2.59. The van der Waals surface area contributed by atoms with Gasteiger partial charge in [0.1, 0.15) is 0 Å². The third kappa shape index (κ3) is 3.42. The minimum atomic E-state index is -0.538. The van der Waals surface area contributed by atoms with Gasteiger partial charge in [0, 0.05) is 43.8 Å². The van der Waals surface area contributed by atoms with E-state index in [0.717, 1.165) is 39.0 Å². The molecule has 3 atom stereocenters. The summed E-state index contributed by atoms with van der Waals surface area (Å²) >= 11 is 0. The van der Waals surface area contributed by atoms with Gasteiger partial charge in [-0.3, -0.25) is 4.79 Å². The number of benzene rings is 1. The van der Waals surface area contributed by atoms with Crippen LogP contribution in [0.1, 0.15) is 30.4 Å². The number of hydrogen-bond acceptors (Lipinski definition) is 4. The van der Waals surface area contributed by atoms with Crippen molar-refractivity contribution in [3.8, 4) is 0 Å². The number of rotatable bonds is 2. The van der Waals surface area contributed by atoms with Gasteiger partial charge in [-0.15, -0.1) is 0 Å². The quantitative estimate of drug-likeness (QED) is 0.860. The van der Waals surface area contributed by atoms with Crippen molar-refractivity contribution in [3.63, 3.8) is 0 Å². The highest BCUT2D eigenvalue weighted by Crippen LogP contribution is 2.27. The number of nitrogens with two attached hydrogens (primary N) is 1. The van der Waals surface area contributed by atoms with E-state index in [4.69, 9.17) is 5.73 Å². The largest absolute Gasteiger partial charge is 0.391 e. The number of aliphatic hydroxyl groups excluding tert-OH is 1. The maximum atomic E-state index is 12.7. The first-order valence-electron chi connectivity index (χ1n) is 9.01. The zero-order valence-corrected chi connectivity index (χ0v) is 14.7. The van der Waals surface area contributed by atoms with Crippen molar-refractivity contribution < 1.29 is 9.90 Å². The third-order valence-corrected chi connectivity index (χ3v) is 5.73. The number of hydrogen-bond donors (Lipinski definition) is 2. The first kappa shape index (κ1) is 17.2. The smallest absolute Gasteiger partial charge is 0.225 e. The lowest BCUT2D eigenvalue weighted by Gasteiger charge is -2.39. The van der Waals surface area contributed by atoms with Crippen LogP contribution in [0.2, 0.25) is 0 Å². The number of amides is 1. The van der Waals surface area contributed by atoms with E-state index in [-0.39, 0.29) is 17.9 Å². The van der Waals surface area contributed by atoms with Crippen LogP contribution in [-0.4, -0.2) is 54.2 Å². The van der Waals surface area contributed by atoms with Gasteiger partial charge in [0.15, 0.2) is 0 Å². The van der Waals surface area contributed by atoms with Crippen LogP contribution >= 0.6 is 0 Å². The van der Waals surface area contributed by atoms with Crippen LogP contribution in [0.15, 0.2) is 18.2 Å². The topological polar surface area (TPSA) is 69.8 Å². The number of piperazine rings is 1. The summed E-state index contributed by atoms with van der Waals surface area (Å²) in [6.45, 7) is 7.54. The predicted molar refractivity (Wildman–Crippen MR) is 96.0 cm³/mol. The highest BCUT2D eigenvalue weighted by Gasteiger charge is 2.34.